The fourth-order valence-corrected chi connectivity index (χ4v) is 3.15. The molecule has 1 aliphatic heterocycles. The topological polar surface area (TPSA) is 62.7 Å². The van der Waals surface area contributed by atoms with E-state index in [1.807, 2.05) is 18.2 Å². The van der Waals surface area contributed by atoms with Crippen LogP contribution in [0.5, 0.6) is 0 Å². The fraction of sp³-hybridized carbons (Fsp3) is 0.333. The number of hydrogen-bond acceptors (Lipinski definition) is 4. The Balaban J connectivity index is 2.11. The van der Waals surface area contributed by atoms with E-state index in [0.29, 0.717) is 12.5 Å². The van der Waals surface area contributed by atoms with Gasteiger partial charge in [-0.05, 0) is 24.1 Å². The second kappa shape index (κ2) is 6.38. The number of guanidine groups is 1. The number of hydrogen-bond donors (Lipinski definition) is 2. The van der Waals surface area contributed by atoms with Gasteiger partial charge >= 0.3 is 6.09 Å². The van der Waals surface area contributed by atoms with Gasteiger partial charge in [0.05, 0.1) is 13.2 Å². The first-order valence-corrected chi connectivity index (χ1v) is 7.29. The molecule has 102 valence electrons. The highest BCUT2D eigenvalue weighted by Gasteiger charge is 2.20. The Bertz CT molecular complexity index is 520. The SMILES string of the molecule is COC(=O)NC1=NCCC(c2ccc(Br)cc2Br)N1. The Hall–Kier alpha value is -1.08. The zero-order valence-electron chi connectivity index (χ0n) is 10.2. The largest absolute Gasteiger partial charge is 0.453 e. The lowest BCUT2D eigenvalue weighted by molar-refractivity contribution is 0.176. The molecule has 0 spiro atoms. The van der Waals surface area contributed by atoms with Gasteiger partial charge in [-0.25, -0.2) is 4.79 Å². The minimum atomic E-state index is -0.526. The van der Waals surface area contributed by atoms with Gasteiger partial charge in [-0.2, -0.15) is 0 Å². The lowest BCUT2D eigenvalue weighted by Gasteiger charge is -2.25. The third-order valence-corrected chi connectivity index (χ3v) is 3.92. The Morgan fingerprint density at radius 3 is 3.00 bits per heavy atom. The van der Waals surface area contributed by atoms with Gasteiger partial charge in [0, 0.05) is 15.5 Å². The van der Waals surface area contributed by atoms with Crippen molar-refractivity contribution in [1.29, 1.82) is 0 Å². The summed E-state index contributed by atoms with van der Waals surface area (Å²) in [5.74, 6) is 0.443. The number of methoxy groups -OCH3 is 1. The Labute approximate surface area is 128 Å². The van der Waals surface area contributed by atoms with Gasteiger partial charge in [0.1, 0.15) is 0 Å². The molecule has 0 aromatic heterocycles. The Morgan fingerprint density at radius 2 is 2.32 bits per heavy atom. The van der Waals surface area contributed by atoms with Crippen molar-refractivity contribution in [2.45, 2.75) is 12.5 Å². The summed E-state index contributed by atoms with van der Waals surface area (Å²) in [4.78, 5) is 15.4. The summed E-state index contributed by atoms with van der Waals surface area (Å²) in [7, 11) is 1.32. The number of rotatable bonds is 1. The number of alkyl carbamates (subject to hydrolysis) is 1. The molecule has 0 bridgehead atoms. The molecule has 0 saturated heterocycles. The molecule has 0 radical (unpaired) electrons. The molecule has 1 atom stereocenters. The normalized spacial score (nSPS) is 18.3. The third kappa shape index (κ3) is 3.70. The van der Waals surface area contributed by atoms with E-state index in [1.54, 1.807) is 0 Å². The summed E-state index contributed by atoms with van der Waals surface area (Å²) >= 11 is 6.97. The highest BCUT2D eigenvalue weighted by molar-refractivity contribution is 9.11. The van der Waals surface area contributed by atoms with E-state index in [1.165, 1.54) is 7.11 Å². The Morgan fingerprint density at radius 1 is 1.53 bits per heavy atom. The maximum absolute atomic E-state index is 11.2. The summed E-state index contributed by atoms with van der Waals surface area (Å²) in [5, 5.41) is 5.74. The van der Waals surface area contributed by atoms with Crippen LogP contribution in [0.2, 0.25) is 0 Å². The van der Waals surface area contributed by atoms with Gasteiger partial charge in [0.2, 0.25) is 5.96 Å². The van der Waals surface area contributed by atoms with Crippen molar-refractivity contribution in [2.75, 3.05) is 13.7 Å². The molecular formula is C12H13Br2N3O2. The average Bonchev–Trinajstić information content (AvgIpc) is 2.39. The van der Waals surface area contributed by atoms with Crippen molar-refractivity contribution in [3.05, 3.63) is 32.7 Å². The summed E-state index contributed by atoms with van der Waals surface area (Å²) in [6, 6.07) is 6.12. The van der Waals surface area contributed by atoms with E-state index in [4.69, 9.17) is 0 Å². The minimum Gasteiger partial charge on any atom is -0.453 e. The number of nitrogens with zero attached hydrogens (tertiary/aromatic N) is 1. The lowest BCUT2D eigenvalue weighted by Crippen LogP contribution is -2.45. The number of nitrogens with one attached hydrogen (secondary N) is 2. The molecular weight excluding hydrogens is 378 g/mol. The number of halogens is 2. The first-order valence-electron chi connectivity index (χ1n) is 5.71. The first-order chi connectivity index (χ1) is 9.10. The molecule has 0 aliphatic carbocycles. The van der Waals surface area contributed by atoms with Crippen molar-refractivity contribution in [3.8, 4) is 0 Å². The molecule has 1 aliphatic rings. The van der Waals surface area contributed by atoms with Gasteiger partial charge in [0.15, 0.2) is 0 Å². The molecule has 5 nitrogen and oxygen atoms in total. The maximum Gasteiger partial charge on any atom is 0.413 e. The maximum atomic E-state index is 11.2. The summed E-state index contributed by atoms with van der Waals surface area (Å²) in [5.41, 5.74) is 1.13. The summed E-state index contributed by atoms with van der Waals surface area (Å²) in [6.45, 7) is 0.652. The van der Waals surface area contributed by atoms with Crippen LogP contribution in [0, 0.1) is 0 Å². The van der Waals surface area contributed by atoms with Crippen LogP contribution in [0.15, 0.2) is 32.1 Å². The molecule has 0 saturated carbocycles. The molecule has 0 fully saturated rings. The van der Waals surface area contributed by atoms with Gasteiger partial charge < -0.3 is 10.1 Å². The predicted octanol–water partition coefficient (Wildman–Crippen LogP) is 2.96. The third-order valence-electron chi connectivity index (χ3n) is 2.74. The van der Waals surface area contributed by atoms with Crippen molar-refractivity contribution < 1.29 is 9.53 Å². The second-order valence-corrected chi connectivity index (χ2v) is 5.77. The van der Waals surface area contributed by atoms with Crippen LogP contribution in [-0.4, -0.2) is 25.7 Å². The number of amides is 1. The standard InChI is InChI=1S/C12H13Br2N3O2/c1-19-12(18)17-11-15-5-4-10(16-11)8-3-2-7(13)6-9(8)14/h2-3,6,10H,4-5H2,1H3,(H2,15,16,17,18). The van der Waals surface area contributed by atoms with Crippen molar-refractivity contribution in [2.24, 2.45) is 4.99 Å². The summed E-state index contributed by atoms with van der Waals surface area (Å²) < 4.78 is 6.57. The van der Waals surface area contributed by atoms with Crippen LogP contribution in [-0.2, 0) is 4.74 Å². The number of carbonyl (C=O) groups excluding carboxylic acids is 1. The van der Waals surface area contributed by atoms with E-state index >= 15 is 0 Å². The lowest BCUT2D eigenvalue weighted by atomic mass is 10.0. The molecule has 19 heavy (non-hydrogen) atoms. The van der Waals surface area contributed by atoms with Crippen LogP contribution >= 0.6 is 31.9 Å². The number of benzene rings is 1. The van der Waals surface area contributed by atoms with Gasteiger partial charge in [-0.3, -0.25) is 10.3 Å². The highest BCUT2D eigenvalue weighted by Crippen LogP contribution is 2.29. The molecule has 1 heterocycles. The van der Waals surface area contributed by atoms with Gasteiger partial charge in [-0.1, -0.05) is 37.9 Å². The summed E-state index contributed by atoms with van der Waals surface area (Å²) in [6.07, 6.45) is 0.342. The fourth-order valence-electron chi connectivity index (χ4n) is 1.83. The van der Waals surface area contributed by atoms with E-state index in [2.05, 4.69) is 52.2 Å². The molecule has 1 amide bonds. The van der Waals surface area contributed by atoms with Gasteiger partial charge in [0.25, 0.3) is 0 Å². The molecule has 1 aromatic rings. The average molecular weight is 391 g/mol. The van der Waals surface area contributed by atoms with Crippen molar-refractivity contribution in [3.63, 3.8) is 0 Å². The van der Waals surface area contributed by atoms with Crippen molar-refractivity contribution >= 4 is 43.9 Å². The molecule has 7 heteroatoms. The van der Waals surface area contributed by atoms with Gasteiger partial charge in [-0.15, -0.1) is 0 Å². The predicted molar refractivity (Wildman–Crippen MR) is 80.2 cm³/mol. The zero-order valence-corrected chi connectivity index (χ0v) is 13.4. The van der Waals surface area contributed by atoms with Crippen LogP contribution in [0.25, 0.3) is 0 Å². The van der Waals surface area contributed by atoms with Crippen LogP contribution in [0.4, 0.5) is 4.79 Å². The van der Waals surface area contributed by atoms with Crippen LogP contribution in [0.3, 0.4) is 0 Å². The molecule has 2 rings (SSSR count). The van der Waals surface area contributed by atoms with E-state index in [-0.39, 0.29) is 6.04 Å². The van der Waals surface area contributed by atoms with Crippen molar-refractivity contribution in [1.82, 2.24) is 10.6 Å². The highest BCUT2D eigenvalue weighted by atomic mass is 79.9. The monoisotopic (exact) mass is 389 g/mol. The van der Waals surface area contributed by atoms with Crippen LogP contribution < -0.4 is 10.6 Å². The smallest absolute Gasteiger partial charge is 0.413 e. The van der Waals surface area contributed by atoms with Crippen LogP contribution in [0.1, 0.15) is 18.0 Å². The molecule has 1 aromatic carbocycles. The molecule has 2 N–H and O–H groups in total. The van der Waals surface area contributed by atoms with E-state index in [9.17, 15) is 4.79 Å². The first kappa shape index (κ1) is 14.3. The number of carbonyl (C=O) groups is 1. The molecule has 1 unspecified atom stereocenters. The Kier molecular flexibility index (Phi) is 4.81. The van der Waals surface area contributed by atoms with E-state index < -0.39 is 6.09 Å². The minimum absolute atomic E-state index is 0.104. The number of aliphatic imine (C=N–C) groups is 1. The quantitative estimate of drug-likeness (QED) is 0.774. The number of ether oxygens (including phenoxy) is 1. The van der Waals surface area contributed by atoms with E-state index in [0.717, 1.165) is 20.9 Å². The zero-order chi connectivity index (χ0) is 13.8. The second-order valence-electron chi connectivity index (χ2n) is 4.00.